The van der Waals surface area contributed by atoms with Crippen LogP contribution in [-0.2, 0) is 0 Å². The number of carboxylic acids is 1. The predicted octanol–water partition coefficient (Wildman–Crippen LogP) is 3.35. The minimum atomic E-state index is -0.988. The predicted molar refractivity (Wildman–Crippen MR) is 72.0 cm³/mol. The monoisotopic (exact) mass is 264 g/mol. The summed E-state index contributed by atoms with van der Waals surface area (Å²) in [5.74, 6) is 0.622. The third-order valence-corrected chi connectivity index (χ3v) is 3.60. The molecule has 0 radical (unpaired) electrons. The Morgan fingerprint density at radius 1 is 1.37 bits per heavy atom. The summed E-state index contributed by atoms with van der Waals surface area (Å²) in [6.07, 6.45) is 4.48. The van der Waals surface area contributed by atoms with Crippen molar-refractivity contribution < 1.29 is 19.4 Å². The first-order valence-electron chi connectivity index (χ1n) is 6.68. The summed E-state index contributed by atoms with van der Waals surface area (Å²) in [4.78, 5) is 11.3. The lowest BCUT2D eigenvalue weighted by atomic mass is 9.88. The Kier molecular flexibility index (Phi) is 4.30. The highest BCUT2D eigenvalue weighted by Gasteiger charge is 2.22. The van der Waals surface area contributed by atoms with Crippen LogP contribution < -0.4 is 9.47 Å². The number of hydrogen-bond acceptors (Lipinski definition) is 3. The molecular formula is C15H20O4. The summed E-state index contributed by atoms with van der Waals surface area (Å²) < 4.78 is 10.9. The first kappa shape index (κ1) is 13.7. The summed E-state index contributed by atoms with van der Waals surface area (Å²) in [7, 11) is 1.52. The zero-order valence-electron chi connectivity index (χ0n) is 11.4. The van der Waals surface area contributed by atoms with Gasteiger partial charge >= 0.3 is 5.97 Å². The van der Waals surface area contributed by atoms with E-state index in [1.54, 1.807) is 12.1 Å². The van der Waals surface area contributed by atoms with Crippen molar-refractivity contribution in [2.75, 3.05) is 7.11 Å². The Bertz CT molecular complexity index is 455. The molecule has 0 bridgehead atoms. The van der Waals surface area contributed by atoms with Gasteiger partial charge in [0.2, 0.25) is 0 Å². The molecule has 1 saturated carbocycles. The molecule has 1 fully saturated rings. The lowest BCUT2D eigenvalue weighted by Gasteiger charge is -2.27. The number of carbonyl (C=O) groups is 1. The molecule has 1 aliphatic rings. The molecule has 2 rings (SSSR count). The van der Waals surface area contributed by atoms with E-state index in [4.69, 9.17) is 9.47 Å². The van der Waals surface area contributed by atoms with Crippen LogP contribution in [0, 0.1) is 5.92 Å². The van der Waals surface area contributed by atoms with Crippen LogP contribution in [0.2, 0.25) is 0 Å². The minimum absolute atomic E-state index is 0.121. The Labute approximate surface area is 113 Å². The minimum Gasteiger partial charge on any atom is -0.497 e. The molecule has 19 heavy (non-hydrogen) atoms. The molecule has 1 aromatic rings. The van der Waals surface area contributed by atoms with Crippen LogP contribution in [-0.4, -0.2) is 24.3 Å². The standard InChI is InChI=1S/C15H20O4/c1-10-4-3-5-12(8-10)19-14-7-6-11(18-2)9-13(14)15(16)17/h6-7,9-10,12H,3-5,8H2,1-2H3,(H,16,17). The second-order valence-electron chi connectivity index (χ2n) is 5.18. The molecule has 0 amide bonds. The van der Waals surface area contributed by atoms with Gasteiger partial charge in [-0.3, -0.25) is 0 Å². The highest BCUT2D eigenvalue weighted by atomic mass is 16.5. The average molecular weight is 264 g/mol. The molecule has 2 atom stereocenters. The first-order valence-corrected chi connectivity index (χ1v) is 6.68. The maximum Gasteiger partial charge on any atom is 0.339 e. The SMILES string of the molecule is COc1ccc(OC2CCCC(C)C2)c(C(=O)O)c1. The van der Waals surface area contributed by atoms with Crippen LogP contribution >= 0.6 is 0 Å². The lowest BCUT2D eigenvalue weighted by Crippen LogP contribution is -2.24. The van der Waals surface area contributed by atoms with Crippen LogP contribution in [0.1, 0.15) is 43.0 Å². The number of hydrogen-bond donors (Lipinski definition) is 1. The van der Waals surface area contributed by atoms with Gasteiger partial charge in [-0.15, -0.1) is 0 Å². The van der Waals surface area contributed by atoms with E-state index in [9.17, 15) is 9.90 Å². The molecule has 0 spiro atoms. The molecule has 0 aromatic heterocycles. The first-order chi connectivity index (χ1) is 9.10. The lowest BCUT2D eigenvalue weighted by molar-refractivity contribution is 0.0683. The fourth-order valence-electron chi connectivity index (χ4n) is 2.57. The van der Waals surface area contributed by atoms with E-state index in [-0.39, 0.29) is 11.7 Å². The van der Waals surface area contributed by atoms with E-state index >= 15 is 0 Å². The van der Waals surface area contributed by atoms with Crippen molar-refractivity contribution >= 4 is 5.97 Å². The van der Waals surface area contributed by atoms with Crippen LogP contribution in [0.5, 0.6) is 11.5 Å². The third kappa shape index (κ3) is 3.40. The van der Waals surface area contributed by atoms with E-state index in [0.717, 1.165) is 19.3 Å². The van der Waals surface area contributed by atoms with Gasteiger partial charge in [0.25, 0.3) is 0 Å². The summed E-state index contributed by atoms with van der Waals surface area (Å²) in [5.41, 5.74) is 0.164. The number of ether oxygens (including phenoxy) is 2. The molecule has 4 heteroatoms. The summed E-state index contributed by atoms with van der Waals surface area (Å²) in [6, 6.07) is 4.92. The largest absolute Gasteiger partial charge is 0.497 e. The number of benzene rings is 1. The fraction of sp³-hybridized carbons (Fsp3) is 0.533. The van der Waals surface area contributed by atoms with E-state index < -0.39 is 5.97 Å². The van der Waals surface area contributed by atoms with Gasteiger partial charge in [-0.05, 0) is 43.4 Å². The fourth-order valence-corrected chi connectivity index (χ4v) is 2.57. The third-order valence-electron chi connectivity index (χ3n) is 3.60. The zero-order valence-corrected chi connectivity index (χ0v) is 11.4. The van der Waals surface area contributed by atoms with Crippen molar-refractivity contribution in [2.24, 2.45) is 5.92 Å². The molecule has 1 aromatic carbocycles. The van der Waals surface area contributed by atoms with E-state index in [2.05, 4.69) is 6.92 Å². The Morgan fingerprint density at radius 3 is 2.79 bits per heavy atom. The number of carboxylic acid groups (broad SMARTS) is 1. The van der Waals surface area contributed by atoms with Gasteiger partial charge < -0.3 is 14.6 Å². The summed E-state index contributed by atoms with van der Waals surface area (Å²) >= 11 is 0. The molecule has 0 heterocycles. The molecular weight excluding hydrogens is 244 g/mol. The van der Waals surface area contributed by atoms with Gasteiger partial charge in [0, 0.05) is 0 Å². The molecule has 104 valence electrons. The van der Waals surface area contributed by atoms with Gasteiger partial charge in [-0.2, -0.15) is 0 Å². The van der Waals surface area contributed by atoms with Crippen LogP contribution in [0.3, 0.4) is 0 Å². The normalized spacial score (nSPS) is 22.8. The van der Waals surface area contributed by atoms with Gasteiger partial charge in [0.15, 0.2) is 0 Å². The van der Waals surface area contributed by atoms with Crippen molar-refractivity contribution in [3.05, 3.63) is 23.8 Å². The molecule has 1 aliphatic carbocycles. The maximum absolute atomic E-state index is 11.3. The highest BCUT2D eigenvalue weighted by Crippen LogP contribution is 2.30. The smallest absolute Gasteiger partial charge is 0.339 e. The summed E-state index contributed by atoms with van der Waals surface area (Å²) in [5, 5.41) is 9.23. The highest BCUT2D eigenvalue weighted by molar-refractivity contribution is 5.91. The van der Waals surface area contributed by atoms with Crippen molar-refractivity contribution in [1.82, 2.24) is 0 Å². The van der Waals surface area contributed by atoms with Crippen molar-refractivity contribution in [2.45, 2.75) is 38.7 Å². The molecule has 1 N–H and O–H groups in total. The molecule has 0 saturated heterocycles. The van der Waals surface area contributed by atoms with E-state index in [1.165, 1.54) is 19.6 Å². The maximum atomic E-state index is 11.3. The number of aromatic carboxylic acids is 1. The van der Waals surface area contributed by atoms with Crippen LogP contribution in [0.25, 0.3) is 0 Å². The van der Waals surface area contributed by atoms with E-state index in [0.29, 0.717) is 17.4 Å². The van der Waals surface area contributed by atoms with Gasteiger partial charge in [-0.25, -0.2) is 4.79 Å². The summed E-state index contributed by atoms with van der Waals surface area (Å²) in [6.45, 7) is 2.21. The van der Waals surface area contributed by atoms with Crippen molar-refractivity contribution in [1.29, 1.82) is 0 Å². The van der Waals surface area contributed by atoms with E-state index in [1.807, 2.05) is 0 Å². The van der Waals surface area contributed by atoms with Crippen molar-refractivity contribution in [3.63, 3.8) is 0 Å². The van der Waals surface area contributed by atoms with Crippen molar-refractivity contribution in [3.8, 4) is 11.5 Å². The number of rotatable bonds is 4. The molecule has 0 aliphatic heterocycles. The topological polar surface area (TPSA) is 55.8 Å². The second-order valence-corrected chi connectivity index (χ2v) is 5.18. The molecule has 2 unspecified atom stereocenters. The average Bonchev–Trinajstić information content (AvgIpc) is 2.39. The van der Waals surface area contributed by atoms with Crippen LogP contribution in [0.4, 0.5) is 0 Å². The van der Waals surface area contributed by atoms with Gasteiger partial charge in [-0.1, -0.05) is 13.3 Å². The Morgan fingerprint density at radius 2 is 2.16 bits per heavy atom. The zero-order chi connectivity index (χ0) is 13.8. The quantitative estimate of drug-likeness (QED) is 0.906. The second kappa shape index (κ2) is 5.95. The Balaban J connectivity index is 2.16. The van der Waals surface area contributed by atoms with Crippen LogP contribution in [0.15, 0.2) is 18.2 Å². The number of methoxy groups -OCH3 is 1. The Hall–Kier alpha value is -1.71. The van der Waals surface area contributed by atoms with Gasteiger partial charge in [0.05, 0.1) is 13.2 Å². The van der Waals surface area contributed by atoms with Gasteiger partial charge in [0.1, 0.15) is 17.1 Å². The molecule has 4 nitrogen and oxygen atoms in total.